The smallest absolute Gasteiger partial charge is 0.280 e. The second-order valence-corrected chi connectivity index (χ2v) is 4.52. The van der Waals surface area contributed by atoms with Crippen LogP contribution in [0.25, 0.3) is 0 Å². The molecule has 25 heavy (non-hydrogen) atoms. The number of benzene rings is 2. The number of aliphatic hydroxyl groups is 1. The van der Waals surface area contributed by atoms with Crippen molar-refractivity contribution in [2.24, 2.45) is 0 Å². The number of nitrogens with zero attached hydrogens (tertiary/aromatic N) is 2. The largest absolute Gasteiger partial charge is 0.397 e. The molecule has 0 saturated heterocycles. The SMILES string of the molecule is CCO.O=C(C(=O)c1ccccc1[N+](=O)[O-])c1ccccc1[N+](=O)[O-]. The van der Waals surface area contributed by atoms with Gasteiger partial charge in [-0.2, -0.15) is 0 Å². The molecule has 2 aromatic carbocycles. The first-order valence-electron chi connectivity index (χ1n) is 7.01. The van der Waals surface area contributed by atoms with E-state index in [-0.39, 0.29) is 6.61 Å². The van der Waals surface area contributed by atoms with Gasteiger partial charge >= 0.3 is 0 Å². The highest BCUT2D eigenvalue weighted by molar-refractivity contribution is 6.50. The van der Waals surface area contributed by atoms with Gasteiger partial charge in [-0.1, -0.05) is 24.3 Å². The lowest BCUT2D eigenvalue weighted by atomic mass is 9.99. The number of carbonyl (C=O) groups is 2. The van der Waals surface area contributed by atoms with E-state index in [1.807, 2.05) is 0 Å². The van der Waals surface area contributed by atoms with Crippen molar-refractivity contribution in [2.45, 2.75) is 6.92 Å². The van der Waals surface area contributed by atoms with Gasteiger partial charge in [-0.15, -0.1) is 0 Å². The average Bonchev–Trinajstić information content (AvgIpc) is 2.61. The van der Waals surface area contributed by atoms with E-state index < -0.39 is 43.9 Å². The Morgan fingerprint density at radius 1 is 0.840 bits per heavy atom. The Balaban J connectivity index is 0.000000970. The molecule has 0 fully saturated rings. The molecule has 0 aliphatic heterocycles. The van der Waals surface area contributed by atoms with E-state index in [1.54, 1.807) is 6.92 Å². The summed E-state index contributed by atoms with van der Waals surface area (Å²) >= 11 is 0. The fourth-order valence-corrected chi connectivity index (χ4v) is 1.89. The van der Waals surface area contributed by atoms with Gasteiger partial charge in [-0.25, -0.2) is 0 Å². The highest BCUT2D eigenvalue weighted by atomic mass is 16.6. The maximum absolute atomic E-state index is 12.2. The third-order valence-electron chi connectivity index (χ3n) is 2.90. The molecule has 2 aromatic rings. The van der Waals surface area contributed by atoms with Gasteiger partial charge in [0, 0.05) is 18.7 Å². The van der Waals surface area contributed by atoms with Crippen molar-refractivity contribution in [2.75, 3.05) is 6.61 Å². The van der Waals surface area contributed by atoms with E-state index in [9.17, 15) is 29.8 Å². The molecule has 0 aromatic heterocycles. The third-order valence-corrected chi connectivity index (χ3v) is 2.90. The van der Waals surface area contributed by atoms with Crippen LogP contribution in [-0.2, 0) is 0 Å². The number of carbonyl (C=O) groups excluding carboxylic acids is 2. The summed E-state index contributed by atoms with van der Waals surface area (Å²) in [7, 11) is 0. The quantitative estimate of drug-likeness (QED) is 0.379. The van der Waals surface area contributed by atoms with Gasteiger partial charge in [0.05, 0.1) is 9.85 Å². The topological polar surface area (TPSA) is 141 Å². The van der Waals surface area contributed by atoms with Crippen LogP contribution in [0.15, 0.2) is 48.5 Å². The summed E-state index contributed by atoms with van der Waals surface area (Å²) < 4.78 is 0. The predicted octanol–water partition coefficient (Wildman–Crippen LogP) is 2.57. The molecule has 0 spiro atoms. The van der Waals surface area contributed by atoms with Crippen molar-refractivity contribution in [3.05, 3.63) is 79.9 Å². The summed E-state index contributed by atoms with van der Waals surface area (Å²) in [6.45, 7) is 1.93. The molecule has 0 atom stereocenters. The molecule has 9 heteroatoms. The molecule has 1 N–H and O–H groups in total. The van der Waals surface area contributed by atoms with Gasteiger partial charge in [-0.3, -0.25) is 29.8 Å². The standard InChI is InChI=1S/C14H8N2O6.C2H6O/c17-13(9-5-1-3-7-11(9)15(19)20)14(18)10-6-2-4-8-12(10)16(21)22;1-2-3/h1-8H;3H,2H2,1H3. The Kier molecular flexibility index (Phi) is 7.04. The number of hydrogen-bond donors (Lipinski definition) is 1. The lowest BCUT2D eigenvalue weighted by Gasteiger charge is -2.03. The summed E-state index contributed by atoms with van der Waals surface area (Å²) in [4.78, 5) is 44.5. The molecule has 0 bridgehead atoms. The van der Waals surface area contributed by atoms with Gasteiger partial charge in [0.1, 0.15) is 11.1 Å². The molecular weight excluding hydrogens is 332 g/mol. The lowest BCUT2D eigenvalue weighted by Crippen LogP contribution is -2.17. The lowest BCUT2D eigenvalue weighted by molar-refractivity contribution is -0.385. The first-order valence-corrected chi connectivity index (χ1v) is 7.01. The monoisotopic (exact) mass is 346 g/mol. The summed E-state index contributed by atoms with van der Waals surface area (Å²) in [6.07, 6.45) is 0. The summed E-state index contributed by atoms with van der Waals surface area (Å²) in [6, 6.07) is 9.87. The predicted molar refractivity (Wildman–Crippen MR) is 87.6 cm³/mol. The van der Waals surface area contributed by atoms with Gasteiger partial charge in [0.2, 0.25) is 11.6 Å². The molecular formula is C16H14N2O7. The van der Waals surface area contributed by atoms with E-state index in [0.717, 1.165) is 24.3 Å². The zero-order valence-corrected chi connectivity index (χ0v) is 13.1. The first-order chi connectivity index (χ1) is 11.8. The van der Waals surface area contributed by atoms with Crippen LogP contribution >= 0.6 is 0 Å². The maximum Gasteiger partial charge on any atom is 0.280 e. The number of Topliss-reactive ketones (excluding diaryl/α,β-unsaturated/α-hetero) is 2. The molecule has 0 radical (unpaired) electrons. The van der Waals surface area contributed by atoms with Crippen LogP contribution in [0.2, 0.25) is 0 Å². The molecule has 9 nitrogen and oxygen atoms in total. The van der Waals surface area contributed by atoms with Crippen LogP contribution in [0.3, 0.4) is 0 Å². The Labute approximate surface area is 141 Å². The normalized spacial score (nSPS) is 9.52. The van der Waals surface area contributed by atoms with Crippen LogP contribution in [0.1, 0.15) is 27.6 Å². The van der Waals surface area contributed by atoms with Crippen LogP contribution < -0.4 is 0 Å². The summed E-state index contributed by atoms with van der Waals surface area (Å²) in [5, 5.41) is 29.4. The number of nitro benzene ring substituents is 2. The number of para-hydroxylation sites is 2. The fourth-order valence-electron chi connectivity index (χ4n) is 1.89. The van der Waals surface area contributed by atoms with Crippen LogP contribution in [0, 0.1) is 20.2 Å². The van der Waals surface area contributed by atoms with E-state index in [0.29, 0.717) is 0 Å². The third kappa shape index (κ3) is 4.75. The highest BCUT2D eigenvalue weighted by Gasteiger charge is 2.30. The summed E-state index contributed by atoms with van der Waals surface area (Å²) in [5.41, 5.74) is -1.87. The van der Waals surface area contributed by atoms with E-state index in [1.165, 1.54) is 24.3 Å². The van der Waals surface area contributed by atoms with E-state index in [4.69, 9.17) is 5.11 Å². The zero-order chi connectivity index (χ0) is 19.0. The minimum atomic E-state index is -1.17. The molecule has 0 heterocycles. The molecule has 0 saturated carbocycles. The number of nitro groups is 2. The van der Waals surface area contributed by atoms with Crippen LogP contribution in [0.5, 0.6) is 0 Å². The summed E-state index contributed by atoms with van der Waals surface area (Å²) in [5.74, 6) is -2.33. The number of hydrogen-bond acceptors (Lipinski definition) is 7. The van der Waals surface area contributed by atoms with E-state index >= 15 is 0 Å². The van der Waals surface area contributed by atoms with Gasteiger partial charge in [-0.05, 0) is 19.1 Å². The molecule has 0 amide bonds. The first kappa shape index (κ1) is 19.6. The molecule has 0 aliphatic rings. The van der Waals surface area contributed by atoms with Crippen molar-refractivity contribution in [1.82, 2.24) is 0 Å². The number of ketones is 2. The Morgan fingerprint density at radius 3 is 1.40 bits per heavy atom. The van der Waals surface area contributed by atoms with E-state index in [2.05, 4.69) is 0 Å². The van der Waals surface area contributed by atoms with Crippen molar-refractivity contribution in [3.8, 4) is 0 Å². The number of rotatable bonds is 5. The second kappa shape index (κ2) is 8.99. The molecule has 2 rings (SSSR count). The molecule has 130 valence electrons. The van der Waals surface area contributed by atoms with Crippen molar-refractivity contribution >= 4 is 22.9 Å². The van der Waals surface area contributed by atoms with Gasteiger partial charge < -0.3 is 5.11 Å². The van der Waals surface area contributed by atoms with Gasteiger partial charge in [0.15, 0.2) is 0 Å². The number of aliphatic hydroxyl groups excluding tert-OH is 1. The Hall–Kier alpha value is -3.46. The van der Waals surface area contributed by atoms with Crippen LogP contribution in [-0.4, -0.2) is 33.1 Å². The highest BCUT2D eigenvalue weighted by Crippen LogP contribution is 2.23. The minimum absolute atomic E-state index is 0.250. The minimum Gasteiger partial charge on any atom is -0.397 e. The van der Waals surface area contributed by atoms with Crippen LogP contribution in [0.4, 0.5) is 11.4 Å². The molecule has 0 unspecified atom stereocenters. The Bertz CT molecular complexity index is 750. The Morgan fingerprint density at radius 2 is 1.12 bits per heavy atom. The van der Waals surface area contributed by atoms with Crippen molar-refractivity contribution < 1.29 is 24.5 Å². The molecule has 0 aliphatic carbocycles. The maximum atomic E-state index is 12.2. The zero-order valence-electron chi connectivity index (χ0n) is 13.1. The van der Waals surface area contributed by atoms with Gasteiger partial charge in [0.25, 0.3) is 11.4 Å². The average molecular weight is 346 g/mol. The van der Waals surface area contributed by atoms with Crippen molar-refractivity contribution in [1.29, 1.82) is 0 Å². The second-order valence-electron chi connectivity index (χ2n) is 4.52. The fraction of sp³-hybridized carbons (Fsp3) is 0.125. The van der Waals surface area contributed by atoms with Crippen molar-refractivity contribution in [3.63, 3.8) is 0 Å².